The average Bonchev–Trinajstić information content (AvgIpc) is 2.40. The van der Waals surface area contributed by atoms with E-state index in [0.717, 1.165) is 5.56 Å². The molecule has 2 rings (SSSR count). The van der Waals surface area contributed by atoms with Gasteiger partial charge >= 0.3 is 12.0 Å². The van der Waals surface area contributed by atoms with Gasteiger partial charge in [-0.05, 0) is 12.0 Å². The molecular weight excluding hydrogens is 260 g/mol. The Labute approximate surface area is 117 Å². The highest BCUT2D eigenvalue weighted by atomic mass is 16.4. The van der Waals surface area contributed by atoms with Crippen LogP contribution in [-0.2, 0) is 10.4 Å². The number of likely N-dealkylation sites (tertiary alicyclic amines) is 1. The molecule has 1 aromatic rings. The largest absolute Gasteiger partial charge is 0.481 e. The summed E-state index contributed by atoms with van der Waals surface area (Å²) < 4.78 is 0. The molecule has 2 amide bonds. The number of aliphatic hydroxyl groups is 1. The monoisotopic (exact) mass is 278 g/mol. The van der Waals surface area contributed by atoms with Crippen molar-refractivity contribution < 1.29 is 19.8 Å². The van der Waals surface area contributed by atoms with Gasteiger partial charge in [0.2, 0.25) is 0 Å². The molecule has 108 valence electrons. The zero-order chi connectivity index (χ0) is 14.6. The Balaban J connectivity index is 1.75. The summed E-state index contributed by atoms with van der Waals surface area (Å²) in [5.41, 5.74) is -0.172. The smallest absolute Gasteiger partial charge is 0.317 e. The third-order valence-corrected chi connectivity index (χ3v) is 3.35. The first-order chi connectivity index (χ1) is 9.51. The number of urea groups is 1. The normalized spacial score (nSPS) is 16.4. The SMILES string of the molecule is O=C(O)CCCNC(=O)N1CC(O)(c2ccccc2)C1. The maximum absolute atomic E-state index is 11.7. The van der Waals surface area contributed by atoms with E-state index in [1.165, 1.54) is 4.90 Å². The van der Waals surface area contributed by atoms with Crippen molar-refractivity contribution in [3.8, 4) is 0 Å². The number of hydrogen-bond acceptors (Lipinski definition) is 3. The number of β-amino-alcohol motifs (C(OH)–C–C–N with tert-alkyl or cyclic N) is 1. The summed E-state index contributed by atoms with van der Waals surface area (Å²) in [6.07, 6.45) is 0.437. The van der Waals surface area contributed by atoms with E-state index < -0.39 is 11.6 Å². The molecule has 0 unspecified atom stereocenters. The van der Waals surface area contributed by atoms with Crippen LogP contribution in [-0.4, -0.2) is 46.7 Å². The van der Waals surface area contributed by atoms with Crippen molar-refractivity contribution in [1.29, 1.82) is 0 Å². The second-order valence-electron chi connectivity index (χ2n) is 4.98. The van der Waals surface area contributed by atoms with Gasteiger partial charge in [-0.25, -0.2) is 4.79 Å². The Bertz CT molecular complexity index is 483. The lowest BCUT2D eigenvalue weighted by Gasteiger charge is -2.46. The lowest BCUT2D eigenvalue weighted by molar-refractivity contribution is -0.137. The molecule has 1 aliphatic heterocycles. The molecule has 1 saturated heterocycles. The fraction of sp³-hybridized carbons (Fsp3) is 0.429. The van der Waals surface area contributed by atoms with Gasteiger partial charge in [0.15, 0.2) is 0 Å². The molecule has 20 heavy (non-hydrogen) atoms. The second kappa shape index (κ2) is 5.92. The van der Waals surface area contributed by atoms with Crippen LogP contribution in [0, 0.1) is 0 Å². The van der Waals surface area contributed by atoms with Crippen LogP contribution in [0.5, 0.6) is 0 Å². The first-order valence-corrected chi connectivity index (χ1v) is 6.54. The summed E-state index contributed by atoms with van der Waals surface area (Å²) in [7, 11) is 0. The average molecular weight is 278 g/mol. The van der Waals surface area contributed by atoms with Crippen LogP contribution < -0.4 is 5.32 Å². The van der Waals surface area contributed by atoms with Gasteiger partial charge in [-0.15, -0.1) is 0 Å². The summed E-state index contributed by atoms with van der Waals surface area (Å²) >= 11 is 0. The lowest BCUT2D eigenvalue weighted by Crippen LogP contribution is -2.63. The molecule has 0 aromatic heterocycles. The van der Waals surface area contributed by atoms with E-state index in [4.69, 9.17) is 5.11 Å². The minimum atomic E-state index is -0.973. The molecule has 1 aliphatic rings. The number of benzene rings is 1. The van der Waals surface area contributed by atoms with Gasteiger partial charge in [0, 0.05) is 13.0 Å². The summed E-state index contributed by atoms with van der Waals surface area (Å²) in [5, 5.41) is 21.5. The molecule has 0 radical (unpaired) electrons. The van der Waals surface area contributed by atoms with Crippen LogP contribution in [0.4, 0.5) is 4.79 Å². The molecule has 0 spiro atoms. The first kappa shape index (κ1) is 14.3. The quantitative estimate of drug-likeness (QED) is 0.694. The van der Waals surface area contributed by atoms with Crippen LogP contribution in [0.3, 0.4) is 0 Å². The van der Waals surface area contributed by atoms with Gasteiger partial charge in [-0.2, -0.15) is 0 Å². The Morgan fingerprint density at radius 3 is 2.50 bits per heavy atom. The number of carbonyl (C=O) groups is 2. The maximum Gasteiger partial charge on any atom is 0.317 e. The number of aliphatic carboxylic acids is 1. The van der Waals surface area contributed by atoms with Crippen molar-refractivity contribution in [3.05, 3.63) is 35.9 Å². The van der Waals surface area contributed by atoms with Crippen molar-refractivity contribution in [2.45, 2.75) is 18.4 Å². The minimum Gasteiger partial charge on any atom is -0.481 e. The number of carboxylic acid groups (broad SMARTS) is 1. The van der Waals surface area contributed by atoms with Crippen LogP contribution in [0.1, 0.15) is 18.4 Å². The molecule has 6 nitrogen and oxygen atoms in total. The fourth-order valence-electron chi connectivity index (χ4n) is 2.21. The van der Waals surface area contributed by atoms with Gasteiger partial charge < -0.3 is 20.4 Å². The number of hydrogen-bond donors (Lipinski definition) is 3. The highest BCUT2D eigenvalue weighted by Crippen LogP contribution is 2.31. The zero-order valence-corrected chi connectivity index (χ0v) is 11.1. The number of carboxylic acids is 1. The molecule has 1 fully saturated rings. The second-order valence-corrected chi connectivity index (χ2v) is 4.98. The first-order valence-electron chi connectivity index (χ1n) is 6.54. The standard InChI is InChI=1S/C14H18N2O4/c17-12(18)7-4-8-15-13(19)16-9-14(20,10-16)11-5-2-1-3-6-11/h1-3,5-6,20H,4,7-10H2,(H,15,19)(H,17,18). The van der Waals surface area contributed by atoms with E-state index >= 15 is 0 Å². The Kier molecular flexibility index (Phi) is 4.24. The van der Waals surface area contributed by atoms with Gasteiger partial charge in [-0.1, -0.05) is 30.3 Å². The predicted molar refractivity (Wildman–Crippen MR) is 72.2 cm³/mol. The summed E-state index contributed by atoms with van der Waals surface area (Å²) in [5.74, 6) is -0.873. The molecule has 0 atom stereocenters. The van der Waals surface area contributed by atoms with E-state index in [2.05, 4.69) is 5.32 Å². The van der Waals surface area contributed by atoms with Crippen molar-refractivity contribution in [2.24, 2.45) is 0 Å². The van der Waals surface area contributed by atoms with Crippen molar-refractivity contribution in [1.82, 2.24) is 10.2 Å². The summed E-state index contributed by atoms with van der Waals surface area (Å²) in [6, 6.07) is 8.97. The highest BCUT2D eigenvalue weighted by molar-refractivity contribution is 5.75. The Hall–Kier alpha value is -2.08. The predicted octanol–water partition coefficient (Wildman–Crippen LogP) is 0.764. The van der Waals surface area contributed by atoms with Crippen LogP contribution >= 0.6 is 0 Å². The van der Waals surface area contributed by atoms with E-state index in [1.807, 2.05) is 30.3 Å². The number of rotatable bonds is 5. The molecule has 0 saturated carbocycles. The van der Waals surface area contributed by atoms with Gasteiger partial charge in [0.05, 0.1) is 13.1 Å². The summed E-state index contributed by atoms with van der Waals surface area (Å²) in [4.78, 5) is 23.6. The van der Waals surface area contributed by atoms with E-state index in [0.29, 0.717) is 13.0 Å². The van der Waals surface area contributed by atoms with Crippen LogP contribution in [0.15, 0.2) is 30.3 Å². The Morgan fingerprint density at radius 1 is 1.25 bits per heavy atom. The minimum absolute atomic E-state index is 0.0359. The molecule has 0 aliphatic carbocycles. The van der Waals surface area contributed by atoms with Crippen molar-refractivity contribution >= 4 is 12.0 Å². The van der Waals surface area contributed by atoms with Gasteiger partial charge in [0.1, 0.15) is 5.60 Å². The molecular formula is C14H18N2O4. The van der Waals surface area contributed by atoms with E-state index in [-0.39, 0.29) is 25.5 Å². The summed E-state index contributed by atoms with van der Waals surface area (Å²) in [6.45, 7) is 0.828. The van der Waals surface area contributed by atoms with Gasteiger partial charge in [-0.3, -0.25) is 4.79 Å². The van der Waals surface area contributed by atoms with Crippen molar-refractivity contribution in [2.75, 3.05) is 19.6 Å². The number of nitrogens with one attached hydrogen (secondary N) is 1. The molecule has 1 aromatic carbocycles. The molecule has 6 heteroatoms. The number of amides is 2. The molecule has 1 heterocycles. The topological polar surface area (TPSA) is 89.9 Å². The molecule has 0 bridgehead atoms. The van der Waals surface area contributed by atoms with Crippen LogP contribution in [0.2, 0.25) is 0 Å². The van der Waals surface area contributed by atoms with Crippen molar-refractivity contribution in [3.63, 3.8) is 0 Å². The maximum atomic E-state index is 11.7. The van der Waals surface area contributed by atoms with E-state index in [9.17, 15) is 14.7 Å². The Morgan fingerprint density at radius 2 is 1.90 bits per heavy atom. The van der Waals surface area contributed by atoms with Crippen LogP contribution in [0.25, 0.3) is 0 Å². The number of nitrogens with zero attached hydrogens (tertiary/aromatic N) is 1. The van der Waals surface area contributed by atoms with Gasteiger partial charge in [0.25, 0.3) is 0 Å². The lowest BCUT2D eigenvalue weighted by atomic mass is 9.86. The zero-order valence-electron chi connectivity index (χ0n) is 11.1. The van der Waals surface area contributed by atoms with E-state index in [1.54, 1.807) is 0 Å². The fourth-order valence-corrected chi connectivity index (χ4v) is 2.21. The molecule has 3 N–H and O–H groups in total. The third-order valence-electron chi connectivity index (χ3n) is 3.35. The highest BCUT2D eigenvalue weighted by Gasteiger charge is 2.44. The third kappa shape index (κ3) is 3.27. The number of carbonyl (C=O) groups excluding carboxylic acids is 1.